The van der Waals surface area contributed by atoms with Crippen LogP contribution in [0.3, 0.4) is 0 Å². The van der Waals surface area contributed by atoms with Gasteiger partial charge in [0.15, 0.2) is 0 Å². The van der Waals surface area contributed by atoms with Crippen molar-refractivity contribution in [3.05, 3.63) is 77.7 Å². The van der Waals surface area contributed by atoms with E-state index in [2.05, 4.69) is 54.1 Å². The number of aromatic nitrogens is 2. The number of nitrogens with one attached hydrogen (secondary N) is 2. The Kier molecular flexibility index (Phi) is 11.3. The van der Waals surface area contributed by atoms with Crippen LogP contribution in [-0.2, 0) is 11.2 Å². The second-order valence-electron chi connectivity index (χ2n) is 13.8. The van der Waals surface area contributed by atoms with Gasteiger partial charge in [-0.1, -0.05) is 18.6 Å². The zero-order valence-electron chi connectivity index (χ0n) is 28.2. The monoisotopic (exact) mass is 814 g/mol. The molecule has 3 aliphatic rings. The van der Waals surface area contributed by atoms with Gasteiger partial charge in [0.1, 0.15) is 6.04 Å². The largest absolute Gasteiger partial charge is 0.397 e. The molecule has 3 aliphatic heterocycles. The maximum atomic E-state index is 14.1. The molecule has 4 N–H and O–H groups in total. The lowest BCUT2D eigenvalue weighted by Crippen LogP contribution is -2.56. The molecule has 2 atom stereocenters. The van der Waals surface area contributed by atoms with Crippen LogP contribution in [0.25, 0.3) is 11.3 Å². The highest BCUT2D eigenvalue weighted by Gasteiger charge is 2.35. The highest BCUT2D eigenvalue weighted by atomic mass is 79.9. The molecule has 0 saturated carbocycles. The van der Waals surface area contributed by atoms with Gasteiger partial charge in [-0.05, 0) is 108 Å². The van der Waals surface area contributed by atoms with Crippen molar-refractivity contribution >= 4 is 55.2 Å². The standard InChI is InChI=1S/C35H44Br2N8O5/c1-41-12-3-2-7-31(41)23-8-13-42(14-9-23)33(46)29(19-22-17-27(36)32(38)28(37)18-22)39-34(47)43-15-10-25(11-16-43)44-21-30(40-35(44)48)24-5-4-6-26(20-24)45(49)50/h4-6,17-18,20-21,23,25,29,31H,2-3,7-16,19,38H2,1H3,(H,39,47)(H,40,48)/t29-,31?/m1/s1. The molecule has 3 fully saturated rings. The number of likely N-dealkylation sites (tertiary alicyclic amines) is 3. The molecule has 4 heterocycles. The third-order valence-electron chi connectivity index (χ3n) is 10.7. The van der Waals surface area contributed by atoms with Gasteiger partial charge < -0.3 is 30.7 Å². The number of hydrogen-bond acceptors (Lipinski definition) is 7. The molecule has 3 amide bonds. The molecule has 50 heavy (non-hydrogen) atoms. The zero-order valence-corrected chi connectivity index (χ0v) is 31.3. The summed E-state index contributed by atoms with van der Waals surface area (Å²) in [4.78, 5) is 60.4. The second kappa shape index (κ2) is 15.7. The Morgan fingerprint density at radius 2 is 1.68 bits per heavy atom. The van der Waals surface area contributed by atoms with Crippen molar-refractivity contribution in [3.8, 4) is 11.3 Å². The average molecular weight is 817 g/mol. The Balaban J connectivity index is 1.11. The van der Waals surface area contributed by atoms with Gasteiger partial charge in [-0.3, -0.25) is 19.5 Å². The Hall–Kier alpha value is -3.69. The van der Waals surface area contributed by atoms with Crippen LogP contribution in [0.15, 0.2) is 56.3 Å². The van der Waals surface area contributed by atoms with Crippen molar-refractivity contribution in [2.45, 2.75) is 69.5 Å². The van der Waals surface area contributed by atoms with Crippen LogP contribution in [0.4, 0.5) is 16.2 Å². The number of anilines is 1. The summed E-state index contributed by atoms with van der Waals surface area (Å²) in [5, 5.41) is 14.3. The number of amides is 3. The zero-order chi connectivity index (χ0) is 35.5. The molecule has 0 bridgehead atoms. The summed E-state index contributed by atoms with van der Waals surface area (Å²) in [5.41, 5.74) is 8.25. The molecule has 6 rings (SSSR count). The van der Waals surface area contributed by atoms with Crippen LogP contribution in [0.5, 0.6) is 0 Å². The summed E-state index contributed by atoms with van der Waals surface area (Å²) >= 11 is 7.03. The Morgan fingerprint density at radius 3 is 2.34 bits per heavy atom. The van der Waals surface area contributed by atoms with Crippen molar-refractivity contribution in [3.63, 3.8) is 0 Å². The minimum Gasteiger partial charge on any atom is -0.397 e. The van der Waals surface area contributed by atoms with E-state index in [0.29, 0.717) is 83.3 Å². The summed E-state index contributed by atoms with van der Waals surface area (Å²) in [5.74, 6) is 0.484. The number of nitro groups is 1. The van der Waals surface area contributed by atoms with Gasteiger partial charge in [0.25, 0.3) is 5.69 Å². The smallest absolute Gasteiger partial charge is 0.326 e. The minimum atomic E-state index is -0.763. The SMILES string of the molecule is CN1CCCCC1C1CCN(C(=O)[C@@H](Cc2cc(Br)c(N)c(Br)c2)NC(=O)N2CCC(n3cc(-c4cccc([N+](=O)[O-])c4)[nH]c3=O)CC2)CC1. The highest BCUT2D eigenvalue weighted by Crippen LogP contribution is 2.32. The number of piperidine rings is 3. The lowest BCUT2D eigenvalue weighted by Gasteiger charge is -2.42. The van der Waals surface area contributed by atoms with Crippen LogP contribution in [0.1, 0.15) is 56.6 Å². The minimum absolute atomic E-state index is 0.0550. The first-order valence-electron chi connectivity index (χ1n) is 17.3. The molecule has 268 valence electrons. The topological polar surface area (TPSA) is 163 Å². The molecular formula is C35H44Br2N8O5. The average Bonchev–Trinajstić information content (AvgIpc) is 3.51. The van der Waals surface area contributed by atoms with Gasteiger partial charge in [-0.25, -0.2) is 9.59 Å². The van der Waals surface area contributed by atoms with E-state index in [1.807, 2.05) is 17.0 Å². The van der Waals surface area contributed by atoms with E-state index in [1.54, 1.807) is 27.8 Å². The number of aromatic amines is 1. The van der Waals surface area contributed by atoms with Crippen LogP contribution in [-0.4, -0.2) is 93.0 Å². The van der Waals surface area contributed by atoms with E-state index < -0.39 is 11.0 Å². The molecule has 1 aromatic heterocycles. The normalized spacial score (nSPS) is 20.1. The van der Waals surface area contributed by atoms with Crippen LogP contribution in [0.2, 0.25) is 0 Å². The van der Waals surface area contributed by atoms with Gasteiger partial charge in [-0.15, -0.1) is 0 Å². The molecule has 1 unspecified atom stereocenters. The summed E-state index contributed by atoms with van der Waals surface area (Å²) in [6.45, 7) is 3.28. The van der Waals surface area contributed by atoms with Crippen molar-refractivity contribution in [1.29, 1.82) is 0 Å². The van der Waals surface area contributed by atoms with Crippen molar-refractivity contribution in [1.82, 2.24) is 29.6 Å². The molecule has 0 radical (unpaired) electrons. The predicted molar refractivity (Wildman–Crippen MR) is 199 cm³/mol. The van der Waals surface area contributed by atoms with Gasteiger partial charge in [0.2, 0.25) is 5.91 Å². The highest BCUT2D eigenvalue weighted by molar-refractivity contribution is 9.11. The van der Waals surface area contributed by atoms with Gasteiger partial charge in [0, 0.05) is 77.5 Å². The van der Waals surface area contributed by atoms with E-state index in [1.165, 1.54) is 31.4 Å². The number of carbonyl (C=O) groups is 2. The van der Waals surface area contributed by atoms with Crippen molar-refractivity contribution in [2.75, 3.05) is 45.5 Å². The van der Waals surface area contributed by atoms with Gasteiger partial charge >= 0.3 is 11.7 Å². The number of nitrogens with two attached hydrogens (primary N) is 1. The number of nitrogen functional groups attached to an aromatic ring is 1. The van der Waals surface area contributed by atoms with Crippen LogP contribution >= 0.6 is 31.9 Å². The third-order valence-corrected chi connectivity index (χ3v) is 12.0. The van der Waals surface area contributed by atoms with Gasteiger partial charge in [0.05, 0.1) is 16.3 Å². The number of benzene rings is 2. The number of halogens is 2. The van der Waals surface area contributed by atoms with Gasteiger partial charge in [-0.2, -0.15) is 0 Å². The third kappa shape index (κ3) is 8.10. The van der Waals surface area contributed by atoms with Crippen molar-refractivity contribution < 1.29 is 14.5 Å². The molecule has 3 saturated heterocycles. The number of urea groups is 1. The van der Waals surface area contributed by atoms with Crippen LogP contribution < -0.4 is 16.7 Å². The summed E-state index contributed by atoms with van der Waals surface area (Å²) in [6, 6.07) is 9.25. The predicted octanol–water partition coefficient (Wildman–Crippen LogP) is 5.54. The van der Waals surface area contributed by atoms with E-state index in [4.69, 9.17) is 5.73 Å². The Bertz CT molecular complexity index is 1760. The number of H-pyrrole nitrogens is 1. The van der Waals surface area contributed by atoms with E-state index >= 15 is 0 Å². The molecule has 15 heteroatoms. The fourth-order valence-electron chi connectivity index (χ4n) is 7.81. The molecule has 0 aliphatic carbocycles. The van der Waals surface area contributed by atoms with Crippen molar-refractivity contribution in [2.24, 2.45) is 5.92 Å². The molecule has 13 nitrogen and oxygen atoms in total. The van der Waals surface area contributed by atoms with E-state index in [9.17, 15) is 24.5 Å². The molecule has 2 aromatic carbocycles. The summed E-state index contributed by atoms with van der Waals surface area (Å²) in [6.07, 6.45) is 8.70. The first kappa shape index (κ1) is 36.1. The summed E-state index contributed by atoms with van der Waals surface area (Å²) < 4.78 is 3.04. The number of nitrogens with zero attached hydrogens (tertiary/aromatic N) is 5. The van der Waals surface area contributed by atoms with Crippen LogP contribution in [0, 0.1) is 16.0 Å². The lowest BCUT2D eigenvalue weighted by molar-refractivity contribution is -0.384. The number of carbonyl (C=O) groups excluding carboxylic acids is 2. The number of non-ortho nitro benzene ring substituents is 1. The summed E-state index contributed by atoms with van der Waals surface area (Å²) in [7, 11) is 2.22. The number of nitro benzene ring substituents is 1. The Morgan fingerprint density at radius 1 is 1.00 bits per heavy atom. The first-order chi connectivity index (χ1) is 24.0. The molecule has 3 aromatic rings. The molecular weight excluding hydrogens is 772 g/mol. The second-order valence-corrected chi connectivity index (χ2v) is 15.5. The number of hydrogen-bond donors (Lipinski definition) is 3. The molecule has 0 spiro atoms. The fourth-order valence-corrected chi connectivity index (χ4v) is 9.10. The maximum absolute atomic E-state index is 14.1. The first-order valence-corrected chi connectivity index (χ1v) is 18.9. The van der Waals surface area contributed by atoms with E-state index in [-0.39, 0.29) is 29.4 Å². The number of rotatable bonds is 8. The quantitative estimate of drug-likeness (QED) is 0.153. The maximum Gasteiger partial charge on any atom is 0.326 e. The van der Waals surface area contributed by atoms with E-state index in [0.717, 1.165) is 24.9 Å². The Labute approximate surface area is 308 Å². The number of imidazole rings is 1. The fraction of sp³-hybridized carbons (Fsp3) is 0.514. The lowest BCUT2D eigenvalue weighted by atomic mass is 9.84.